The van der Waals surface area contributed by atoms with E-state index >= 15 is 0 Å². The van der Waals surface area contributed by atoms with E-state index in [0.29, 0.717) is 5.92 Å². The van der Waals surface area contributed by atoms with Gasteiger partial charge in [0.05, 0.1) is 19.3 Å². The van der Waals surface area contributed by atoms with Gasteiger partial charge in [0.25, 0.3) is 0 Å². The molecule has 1 nitrogen and oxygen atoms in total. The molecule has 0 saturated heterocycles. The molecule has 1 atom stereocenters. The van der Waals surface area contributed by atoms with Crippen molar-refractivity contribution in [3.8, 4) is 0 Å². The molecule has 1 aliphatic rings. The Morgan fingerprint density at radius 3 is 2.62 bits per heavy atom. The third-order valence-corrected chi connectivity index (χ3v) is 6.42. The molecular weight excluding hydrogens is 270 g/mol. The molecule has 0 spiro atoms. The molecule has 1 heterocycles. The molecule has 1 aromatic carbocycles. The Morgan fingerprint density at radius 2 is 1.90 bits per heavy atom. The molecule has 0 fully saturated rings. The monoisotopic (exact) mass is 295 g/mol. The van der Waals surface area contributed by atoms with Crippen molar-refractivity contribution in [3.05, 3.63) is 42.1 Å². The van der Waals surface area contributed by atoms with E-state index in [4.69, 9.17) is 4.98 Å². The zero-order chi connectivity index (χ0) is 15.0. The summed E-state index contributed by atoms with van der Waals surface area (Å²) < 4.78 is 0. The third-order valence-electron chi connectivity index (χ3n) is 4.43. The average Bonchev–Trinajstić information content (AvgIpc) is 2.45. The van der Waals surface area contributed by atoms with Crippen molar-refractivity contribution in [1.29, 1.82) is 0 Å². The average molecular weight is 296 g/mol. The van der Waals surface area contributed by atoms with Gasteiger partial charge in [-0.2, -0.15) is 0 Å². The van der Waals surface area contributed by atoms with Crippen molar-refractivity contribution in [2.75, 3.05) is 0 Å². The SMILES string of the molecule is CC1C=C(c2nc3ccccc3cc2[Si](C)(C)C)CCC1. The summed E-state index contributed by atoms with van der Waals surface area (Å²) in [5.41, 5.74) is 3.91. The van der Waals surface area contributed by atoms with Crippen LogP contribution in [0.3, 0.4) is 0 Å². The normalized spacial score (nSPS) is 19.6. The van der Waals surface area contributed by atoms with E-state index in [2.05, 4.69) is 63.0 Å². The number of fused-ring (bicyclic) bond motifs is 1. The van der Waals surface area contributed by atoms with Gasteiger partial charge < -0.3 is 0 Å². The predicted molar refractivity (Wildman–Crippen MR) is 95.7 cm³/mol. The lowest BCUT2D eigenvalue weighted by atomic mass is 9.90. The fourth-order valence-electron chi connectivity index (χ4n) is 3.25. The summed E-state index contributed by atoms with van der Waals surface area (Å²) in [6, 6.07) is 10.9. The molecule has 1 unspecified atom stereocenters. The molecule has 110 valence electrons. The summed E-state index contributed by atoms with van der Waals surface area (Å²) in [7, 11) is -1.40. The highest BCUT2D eigenvalue weighted by Crippen LogP contribution is 2.30. The minimum Gasteiger partial charge on any atom is -0.248 e. The van der Waals surface area contributed by atoms with Gasteiger partial charge in [-0.3, -0.25) is 0 Å². The van der Waals surface area contributed by atoms with Gasteiger partial charge >= 0.3 is 0 Å². The summed E-state index contributed by atoms with van der Waals surface area (Å²) in [6.07, 6.45) is 6.27. The Balaban J connectivity index is 2.24. The van der Waals surface area contributed by atoms with Crippen LogP contribution in [0.1, 0.15) is 31.9 Å². The lowest BCUT2D eigenvalue weighted by molar-refractivity contribution is 0.592. The minimum absolute atomic E-state index is 0.691. The highest BCUT2D eigenvalue weighted by atomic mass is 28.3. The Kier molecular flexibility index (Phi) is 3.74. The maximum absolute atomic E-state index is 5.07. The number of pyridine rings is 1. The van der Waals surface area contributed by atoms with Gasteiger partial charge in [-0.1, -0.05) is 56.9 Å². The lowest BCUT2D eigenvalue weighted by Gasteiger charge is -2.25. The van der Waals surface area contributed by atoms with Crippen LogP contribution in [0.5, 0.6) is 0 Å². The van der Waals surface area contributed by atoms with Gasteiger partial charge in [-0.25, -0.2) is 4.98 Å². The van der Waals surface area contributed by atoms with Gasteiger partial charge in [0.1, 0.15) is 0 Å². The van der Waals surface area contributed by atoms with Gasteiger partial charge in [-0.05, 0) is 42.0 Å². The van der Waals surface area contributed by atoms with E-state index in [9.17, 15) is 0 Å². The highest BCUT2D eigenvalue weighted by molar-refractivity contribution is 6.89. The Morgan fingerprint density at radius 1 is 1.14 bits per heavy atom. The van der Waals surface area contributed by atoms with Crippen LogP contribution in [-0.2, 0) is 0 Å². The maximum Gasteiger partial charge on any atom is 0.0804 e. The fraction of sp³-hybridized carbons (Fsp3) is 0.421. The second-order valence-corrected chi connectivity index (χ2v) is 12.4. The van der Waals surface area contributed by atoms with E-state index in [0.717, 1.165) is 5.52 Å². The first kappa shape index (κ1) is 14.5. The van der Waals surface area contributed by atoms with E-state index in [-0.39, 0.29) is 0 Å². The molecule has 3 rings (SSSR count). The molecule has 0 radical (unpaired) electrons. The number of allylic oxidation sites excluding steroid dienone is 2. The largest absolute Gasteiger partial charge is 0.248 e. The first-order valence-electron chi connectivity index (χ1n) is 8.06. The fourth-order valence-corrected chi connectivity index (χ4v) is 4.77. The molecule has 1 aliphatic carbocycles. The Hall–Kier alpha value is -1.41. The van der Waals surface area contributed by atoms with Crippen molar-refractivity contribution in [2.24, 2.45) is 5.92 Å². The molecule has 0 amide bonds. The van der Waals surface area contributed by atoms with Crippen LogP contribution in [0.15, 0.2) is 36.4 Å². The number of nitrogens with zero attached hydrogens (tertiary/aromatic N) is 1. The number of hydrogen-bond acceptors (Lipinski definition) is 1. The van der Waals surface area contributed by atoms with Gasteiger partial charge in [0.15, 0.2) is 0 Å². The van der Waals surface area contributed by atoms with Gasteiger partial charge in [0, 0.05) is 5.39 Å². The molecular formula is C19H25NSi. The Bertz CT molecular complexity index is 694. The molecule has 2 heteroatoms. The number of rotatable bonds is 2. The van der Waals surface area contributed by atoms with E-state index in [1.54, 1.807) is 0 Å². The number of benzene rings is 1. The number of aromatic nitrogens is 1. The summed E-state index contributed by atoms with van der Waals surface area (Å²) in [5, 5.41) is 2.80. The number of para-hydroxylation sites is 1. The van der Waals surface area contributed by atoms with Crippen LogP contribution < -0.4 is 5.19 Å². The standard InChI is InChI=1S/C19H25NSi/c1-14-8-7-10-16(12-14)19-18(21(2,3)4)13-15-9-5-6-11-17(15)20-19/h5-6,9,11-14H,7-8,10H2,1-4H3. The topological polar surface area (TPSA) is 12.9 Å². The summed E-state index contributed by atoms with van der Waals surface area (Å²) in [5.74, 6) is 0.691. The van der Waals surface area contributed by atoms with Crippen molar-refractivity contribution in [3.63, 3.8) is 0 Å². The molecule has 2 aromatic rings. The second kappa shape index (κ2) is 5.41. The zero-order valence-electron chi connectivity index (χ0n) is 13.6. The van der Waals surface area contributed by atoms with Gasteiger partial charge in [0.2, 0.25) is 0 Å². The van der Waals surface area contributed by atoms with Crippen LogP contribution in [0.2, 0.25) is 19.6 Å². The van der Waals surface area contributed by atoms with Gasteiger partial charge in [-0.15, -0.1) is 0 Å². The predicted octanol–water partition coefficient (Wildman–Crippen LogP) is 4.98. The van der Waals surface area contributed by atoms with Crippen molar-refractivity contribution >= 4 is 29.7 Å². The molecule has 0 aliphatic heterocycles. The summed E-state index contributed by atoms with van der Waals surface area (Å²) >= 11 is 0. The minimum atomic E-state index is -1.40. The summed E-state index contributed by atoms with van der Waals surface area (Å²) in [6.45, 7) is 9.60. The van der Waals surface area contributed by atoms with E-state index in [1.807, 2.05) is 0 Å². The van der Waals surface area contributed by atoms with E-state index < -0.39 is 8.07 Å². The van der Waals surface area contributed by atoms with Crippen LogP contribution in [0.25, 0.3) is 16.5 Å². The van der Waals surface area contributed by atoms with Crippen LogP contribution >= 0.6 is 0 Å². The third kappa shape index (κ3) is 2.96. The zero-order valence-corrected chi connectivity index (χ0v) is 14.6. The van der Waals surface area contributed by atoms with Crippen molar-refractivity contribution < 1.29 is 0 Å². The Labute approximate surface area is 129 Å². The van der Waals surface area contributed by atoms with Crippen LogP contribution in [-0.4, -0.2) is 13.1 Å². The van der Waals surface area contributed by atoms with Crippen molar-refractivity contribution in [1.82, 2.24) is 4.98 Å². The van der Waals surface area contributed by atoms with Crippen molar-refractivity contribution in [2.45, 2.75) is 45.8 Å². The molecule has 0 N–H and O–H groups in total. The highest BCUT2D eigenvalue weighted by Gasteiger charge is 2.24. The lowest BCUT2D eigenvalue weighted by Crippen LogP contribution is -2.40. The molecule has 1 aromatic heterocycles. The second-order valence-electron chi connectivity index (χ2n) is 7.39. The first-order valence-corrected chi connectivity index (χ1v) is 11.6. The molecule has 21 heavy (non-hydrogen) atoms. The first-order chi connectivity index (χ1) is 9.95. The van der Waals surface area contributed by atoms with Crippen LogP contribution in [0.4, 0.5) is 0 Å². The van der Waals surface area contributed by atoms with Crippen LogP contribution in [0, 0.1) is 5.92 Å². The summed E-state index contributed by atoms with van der Waals surface area (Å²) in [4.78, 5) is 5.07. The smallest absolute Gasteiger partial charge is 0.0804 e. The maximum atomic E-state index is 5.07. The quantitative estimate of drug-likeness (QED) is 0.712. The van der Waals surface area contributed by atoms with E-state index in [1.165, 1.54) is 41.1 Å². The molecule has 0 saturated carbocycles. The molecule has 0 bridgehead atoms. The number of hydrogen-bond donors (Lipinski definition) is 0.